The fourth-order valence-corrected chi connectivity index (χ4v) is 2.36. The third-order valence-corrected chi connectivity index (χ3v) is 3.67. The van der Waals surface area contributed by atoms with Gasteiger partial charge in [0.2, 0.25) is 0 Å². The van der Waals surface area contributed by atoms with Gasteiger partial charge in [0.15, 0.2) is 0 Å². The van der Waals surface area contributed by atoms with Crippen molar-refractivity contribution in [2.75, 3.05) is 13.6 Å². The van der Waals surface area contributed by atoms with Crippen LogP contribution in [0.4, 0.5) is 0 Å². The largest absolute Gasteiger partial charge is 0.388 e. The lowest BCUT2D eigenvalue weighted by Gasteiger charge is -2.19. The van der Waals surface area contributed by atoms with Gasteiger partial charge in [-0.25, -0.2) is 0 Å². The third-order valence-electron chi connectivity index (χ3n) is 3.42. The summed E-state index contributed by atoms with van der Waals surface area (Å²) >= 11 is 5.85. The molecule has 0 aliphatic heterocycles. The Morgan fingerprint density at radius 3 is 2.57 bits per heavy atom. The van der Waals surface area contributed by atoms with Crippen molar-refractivity contribution in [3.63, 3.8) is 0 Å². The van der Waals surface area contributed by atoms with E-state index >= 15 is 0 Å². The number of aryl methyl sites for hydroxylation is 1. The van der Waals surface area contributed by atoms with Crippen LogP contribution in [-0.2, 0) is 6.54 Å². The zero-order chi connectivity index (χ0) is 15.2. The van der Waals surface area contributed by atoms with Crippen molar-refractivity contribution in [1.82, 2.24) is 9.88 Å². The van der Waals surface area contributed by atoms with Crippen LogP contribution in [0.5, 0.6) is 0 Å². The van der Waals surface area contributed by atoms with E-state index in [0.717, 1.165) is 30.0 Å². The van der Waals surface area contributed by atoms with E-state index in [-0.39, 0.29) is 0 Å². The van der Waals surface area contributed by atoms with E-state index in [1.165, 1.54) is 0 Å². The van der Waals surface area contributed by atoms with Crippen LogP contribution >= 0.6 is 11.6 Å². The van der Waals surface area contributed by atoms with Gasteiger partial charge in [0.05, 0.1) is 11.8 Å². The van der Waals surface area contributed by atoms with Crippen LogP contribution in [0.25, 0.3) is 0 Å². The molecule has 2 aromatic rings. The van der Waals surface area contributed by atoms with E-state index in [4.69, 9.17) is 11.6 Å². The monoisotopic (exact) mass is 304 g/mol. The molecule has 0 aliphatic carbocycles. The van der Waals surface area contributed by atoms with Gasteiger partial charge in [-0.15, -0.1) is 0 Å². The molecule has 1 heterocycles. The molecule has 21 heavy (non-hydrogen) atoms. The van der Waals surface area contributed by atoms with E-state index in [2.05, 4.69) is 9.88 Å². The smallest absolute Gasteiger partial charge is 0.0802 e. The highest BCUT2D eigenvalue weighted by Gasteiger charge is 2.09. The number of rotatable bonds is 6. The fraction of sp³-hybridized carbons (Fsp3) is 0.353. The predicted octanol–water partition coefficient (Wildman–Crippen LogP) is 3.60. The van der Waals surface area contributed by atoms with Crippen LogP contribution < -0.4 is 0 Å². The first-order valence-electron chi connectivity index (χ1n) is 7.09. The average molecular weight is 305 g/mol. The Bertz CT molecular complexity index is 571. The second kappa shape index (κ2) is 7.55. The van der Waals surface area contributed by atoms with Gasteiger partial charge in [-0.1, -0.05) is 29.8 Å². The SMILES string of the molecule is Cc1cccc(CN(C)CCC(O)c2ccc(Cl)cc2)n1. The van der Waals surface area contributed by atoms with Gasteiger partial charge in [0, 0.05) is 23.8 Å². The lowest BCUT2D eigenvalue weighted by atomic mass is 10.1. The highest BCUT2D eigenvalue weighted by molar-refractivity contribution is 6.30. The lowest BCUT2D eigenvalue weighted by molar-refractivity contribution is 0.147. The topological polar surface area (TPSA) is 36.4 Å². The van der Waals surface area contributed by atoms with Crippen LogP contribution in [0.15, 0.2) is 42.5 Å². The summed E-state index contributed by atoms with van der Waals surface area (Å²) in [5, 5.41) is 10.9. The Morgan fingerprint density at radius 1 is 1.19 bits per heavy atom. The average Bonchev–Trinajstić information content (AvgIpc) is 2.45. The van der Waals surface area contributed by atoms with Crippen molar-refractivity contribution in [1.29, 1.82) is 0 Å². The first kappa shape index (κ1) is 16.0. The maximum Gasteiger partial charge on any atom is 0.0802 e. The summed E-state index contributed by atoms with van der Waals surface area (Å²) in [6, 6.07) is 13.4. The van der Waals surface area contributed by atoms with E-state index < -0.39 is 6.10 Å². The minimum Gasteiger partial charge on any atom is -0.388 e. The minimum absolute atomic E-state index is 0.463. The number of pyridine rings is 1. The fourth-order valence-electron chi connectivity index (χ4n) is 2.24. The molecule has 1 aromatic carbocycles. The van der Waals surface area contributed by atoms with Crippen LogP contribution in [0.3, 0.4) is 0 Å². The molecule has 1 unspecified atom stereocenters. The van der Waals surface area contributed by atoms with Crippen LogP contribution in [0.1, 0.15) is 29.5 Å². The van der Waals surface area contributed by atoms with Crippen LogP contribution in [0, 0.1) is 6.92 Å². The summed E-state index contributed by atoms with van der Waals surface area (Å²) in [7, 11) is 2.04. The highest BCUT2D eigenvalue weighted by atomic mass is 35.5. The molecule has 3 nitrogen and oxygen atoms in total. The van der Waals surface area contributed by atoms with Gasteiger partial charge in [0.1, 0.15) is 0 Å². The molecular formula is C17H21ClN2O. The summed E-state index contributed by atoms with van der Waals surface area (Å²) in [6.07, 6.45) is 0.222. The number of hydrogen-bond acceptors (Lipinski definition) is 3. The van der Waals surface area contributed by atoms with Crippen molar-refractivity contribution in [3.05, 3.63) is 64.4 Å². The second-order valence-electron chi connectivity index (χ2n) is 5.36. The Balaban J connectivity index is 1.83. The molecule has 0 saturated carbocycles. The van der Waals surface area contributed by atoms with E-state index in [0.29, 0.717) is 11.4 Å². The molecule has 0 amide bonds. The Hall–Kier alpha value is -1.42. The number of hydrogen-bond donors (Lipinski definition) is 1. The van der Waals surface area contributed by atoms with Gasteiger partial charge < -0.3 is 10.0 Å². The summed E-state index contributed by atoms with van der Waals surface area (Å²) in [5.41, 5.74) is 2.99. The first-order valence-corrected chi connectivity index (χ1v) is 7.47. The molecule has 0 bridgehead atoms. The summed E-state index contributed by atoms with van der Waals surface area (Å²) in [5.74, 6) is 0. The molecule has 1 aromatic heterocycles. The highest BCUT2D eigenvalue weighted by Crippen LogP contribution is 2.19. The Labute approximate surface area is 131 Å². The van der Waals surface area contributed by atoms with Crippen molar-refractivity contribution >= 4 is 11.6 Å². The molecule has 0 radical (unpaired) electrons. The summed E-state index contributed by atoms with van der Waals surface area (Å²) < 4.78 is 0. The molecule has 112 valence electrons. The molecule has 1 N–H and O–H groups in total. The molecule has 0 aliphatic rings. The van der Waals surface area contributed by atoms with E-state index in [1.54, 1.807) is 12.1 Å². The molecule has 0 spiro atoms. The second-order valence-corrected chi connectivity index (χ2v) is 5.80. The number of benzene rings is 1. The predicted molar refractivity (Wildman–Crippen MR) is 86.3 cm³/mol. The third kappa shape index (κ3) is 5.12. The summed E-state index contributed by atoms with van der Waals surface area (Å²) in [4.78, 5) is 6.66. The molecule has 0 saturated heterocycles. The molecule has 2 rings (SSSR count). The number of aliphatic hydroxyl groups is 1. The van der Waals surface area contributed by atoms with E-state index in [1.807, 2.05) is 44.3 Å². The maximum atomic E-state index is 10.2. The van der Waals surface area contributed by atoms with Crippen molar-refractivity contribution in [3.8, 4) is 0 Å². The number of halogens is 1. The maximum absolute atomic E-state index is 10.2. The van der Waals surface area contributed by atoms with E-state index in [9.17, 15) is 5.11 Å². The Morgan fingerprint density at radius 2 is 1.90 bits per heavy atom. The van der Waals surface area contributed by atoms with Crippen LogP contribution in [-0.4, -0.2) is 28.6 Å². The number of aromatic nitrogens is 1. The number of aliphatic hydroxyl groups excluding tert-OH is 1. The molecule has 1 atom stereocenters. The first-order chi connectivity index (χ1) is 10.0. The van der Waals surface area contributed by atoms with Crippen molar-refractivity contribution in [2.45, 2.75) is 26.0 Å². The zero-order valence-electron chi connectivity index (χ0n) is 12.5. The molecular weight excluding hydrogens is 284 g/mol. The minimum atomic E-state index is -0.463. The quantitative estimate of drug-likeness (QED) is 0.886. The molecule has 0 fully saturated rings. The van der Waals surface area contributed by atoms with Gasteiger partial charge in [-0.05, 0) is 50.2 Å². The number of nitrogens with zero attached hydrogens (tertiary/aromatic N) is 2. The van der Waals surface area contributed by atoms with Crippen molar-refractivity contribution in [2.24, 2.45) is 0 Å². The van der Waals surface area contributed by atoms with Crippen LogP contribution in [0.2, 0.25) is 5.02 Å². The summed E-state index contributed by atoms with van der Waals surface area (Å²) in [6.45, 7) is 3.59. The standard InChI is InChI=1S/C17H21ClN2O/c1-13-4-3-5-16(19-13)12-20(2)11-10-17(21)14-6-8-15(18)9-7-14/h3-9,17,21H,10-12H2,1-2H3. The zero-order valence-corrected chi connectivity index (χ0v) is 13.2. The van der Waals surface area contributed by atoms with Gasteiger partial charge >= 0.3 is 0 Å². The normalized spacial score (nSPS) is 12.6. The Kier molecular flexibility index (Phi) is 5.74. The van der Waals surface area contributed by atoms with Gasteiger partial charge in [-0.2, -0.15) is 0 Å². The van der Waals surface area contributed by atoms with Gasteiger partial charge in [-0.3, -0.25) is 4.98 Å². The molecule has 4 heteroatoms. The van der Waals surface area contributed by atoms with Gasteiger partial charge in [0.25, 0.3) is 0 Å². The van der Waals surface area contributed by atoms with Crippen molar-refractivity contribution < 1.29 is 5.11 Å². The lowest BCUT2D eigenvalue weighted by Crippen LogP contribution is -2.21.